The number of anilines is 1. The van der Waals surface area contributed by atoms with E-state index in [-0.39, 0.29) is 17.2 Å². The van der Waals surface area contributed by atoms with Gasteiger partial charge >= 0.3 is 5.97 Å². The summed E-state index contributed by atoms with van der Waals surface area (Å²) in [6.07, 6.45) is 7.66. The van der Waals surface area contributed by atoms with Gasteiger partial charge in [-0.1, -0.05) is 23.4 Å². The number of ether oxygens (including phenoxy) is 1. The molecule has 9 heteroatoms. The van der Waals surface area contributed by atoms with Crippen LogP contribution in [0.5, 0.6) is 0 Å². The first-order valence-electron chi connectivity index (χ1n) is 12.7. The maximum absolute atomic E-state index is 14.5. The van der Waals surface area contributed by atoms with Crippen LogP contribution in [0.2, 0.25) is 0 Å². The molecule has 2 bridgehead atoms. The Morgan fingerprint density at radius 3 is 2.63 bits per heavy atom. The molecule has 4 aliphatic rings. The van der Waals surface area contributed by atoms with Crippen LogP contribution in [0.1, 0.15) is 91.1 Å². The summed E-state index contributed by atoms with van der Waals surface area (Å²) in [6.45, 7) is 2.84. The molecule has 1 N–H and O–H groups in total. The maximum atomic E-state index is 14.5. The average Bonchev–Trinajstić information content (AvgIpc) is 3.69. The Labute approximate surface area is 206 Å². The molecule has 184 valence electrons. The molecule has 1 aromatic carbocycles. The molecule has 0 spiro atoms. The lowest BCUT2D eigenvalue weighted by atomic mass is 10.00. The van der Waals surface area contributed by atoms with Gasteiger partial charge in [-0.3, -0.25) is 0 Å². The number of nitrogens with zero attached hydrogens (tertiary/aromatic N) is 3. The summed E-state index contributed by atoms with van der Waals surface area (Å²) < 4.78 is 27.4. The van der Waals surface area contributed by atoms with Gasteiger partial charge in [-0.25, -0.2) is 14.2 Å². The standard InChI is InChI=1S/C26H28FN3O4S/c1-12-6-18(12)22-19(24(34-29-22)13-2-3-13)11-33-17-9-15-4-5-16(10-17)30(15)26-28-23-20(27)7-14(25(31)32)8-21(23)35-26/h7-8,12-13,15-18H,2-6,9-11H2,1H3,(H,31,32)/t12-,15-,16+,17?,18-/m0/s1. The quantitative estimate of drug-likeness (QED) is 0.439. The Morgan fingerprint density at radius 1 is 1.23 bits per heavy atom. The SMILES string of the molecule is C[C@H]1C[C@@H]1c1noc(C2CC2)c1COC1C[C@H]2CC[C@@H](C1)N2c1nc2c(F)cc(C(=O)O)cc2s1. The van der Waals surface area contributed by atoms with Crippen molar-refractivity contribution < 1.29 is 23.6 Å². The zero-order valence-electron chi connectivity index (χ0n) is 19.6. The smallest absolute Gasteiger partial charge is 0.335 e. The third-order valence-corrected chi connectivity index (χ3v) is 9.33. The first kappa shape index (κ1) is 21.7. The number of hydrogen-bond donors (Lipinski definition) is 1. The largest absolute Gasteiger partial charge is 0.478 e. The second-order valence-electron chi connectivity index (χ2n) is 10.8. The lowest BCUT2D eigenvalue weighted by Gasteiger charge is -2.38. The molecule has 1 unspecified atom stereocenters. The lowest BCUT2D eigenvalue weighted by Crippen LogP contribution is -2.45. The number of aromatic nitrogens is 2. The van der Waals surface area contributed by atoms with Gasteiger partial charge in [0.05, 0.1) is 28.7 Å². The number of aromatic carboxylic acids is 1. The molecule has 2 aromatic heterocycles. The second kappa shape index (κ2) is 8.00. The average molecular weight is 498 g/mol. The molecule has 7 rings (SSSR count). The van der Waals surface area contributed by atoms with Crippen molar-refractivity contribution in [3.8, 4) is 0 Å². The van der Waals surface area contributed by atoms with E-state index in [1.54, 1.807) is 0 Å². The van der Waals surface area contributed by atoms with Gasteiger partial charge in [0.1, 0.15) is 11.3 Å². The van der Waals surface area contributed by atoms with Crippen LogP contribution < -0.4 is 4.90 Å². The number of piperidine rings is 1. The van der Waals surface area contributed by atoms with Crippen LogP contribution in [0.25, 0.3) is 10.2 Å². The molecular weight excluding hydrogens is 469 g/mol. The molecule has 3 aromatic rings. The summed E-state index contributed by atoms with van der Waals surface area (Å²) >= 11 is 1.38. The molecule has 7 nitrogen and oxygen atoms in total. The Hall–Kier alpha value is -2.52. The first-order valence-corrected chi connectivity index (χ1v) is 13.5. The number of carbonyl (C=O) groups is 1. The highest BCUT2D eigenvalue weighted by atomic mass is 32.1. The lowest BCUT2D eigenvalue weighted by molar-refractivity contribution is 0.0142. The molecule has 2 saturated heterocycles. The van der Waals surface area contributed by atoms with Crippen LogP contribution in [0.4, 0.5) is 9.52 Å². The fourth-order valence-electron chi connectivity index (χ4n) is 6.13. The number of carboxylic acid groups (broad SMARTS) is 1. The predicted octanol–water partition coefficient (Wildman–Crippen LogP) is 5.84. The van der Waals surface area contributed by atoms with Gasteiger partial charge in [0.2, 0.25) is 0 Å². The van der Waals surface area contributed by atoms with Gasteiger partial charge in [0, 0.05) is 29.5 Å². The van der Waals surface area contributed by atoms with Crippen molar-refractivity contribution in [1.82, 2.24) is 10.1 Å². The third-order valence-electron chi connectivity index (χ3n) is 8.32. The molecule has 2 aliphatic carbocycles. The van der Waals surface area contributed by atoms with E-state index in [9.17, 15) is 14.3 Å². The van der Waals surface area contributed by atoms with E-state index in [2.05, 4.69) is 22.0 Å². The van der Waals surface area contributed by atoms with Crippen molar-refractivity contribution in [3.05, 3.63) is 40.5 Å². The zero-order valence-corrected chi connectivity index (χ0v) is 20.4. The fourth-order valence-corrected chi connectivity index (χ4v) is 7.29. The topological polar surface area (TPSA) is 88.7 Å². The van der Waals surface area contributed by atoms with Crippen LogP contribution in [-0.2, 0) is 11.3 Å². The van der Waals surface area contributed by atoms with Gasteiger partial charge in [-0.15, -0.1) is 0 Å². The molecule has 4 fully saturated rings. The van der Waals surface area contributed by atoms with Gasteiger partial charge in [-0.05, 0) is 63.0 Å². The number of thiazole rings is 1. The molecule has 0 radical (unpaired) electrons. The fraction of sp³-hybridized carbons (Fsp3) is 0.577. The van der Waals surface area contributed by atoms with Crippen LogP contribution in [0.15, 0.2) is 16.7 Å². The van der Waals surface area contributed by atoms with Crippen LogP contribution in [-0.4, -0.2) is 39.4 Å². The van der Waals surface area contributed by atoms with Gasteiger partial charge in [0.25, 0.3) is 0 Å². The van der Waals surface area contributed by atoms with E-state index in [4.69, 9.17) is 9.26 Å². The monoisotopic (exact) mass is 497 g/mol. The Morgan fingerprint density at radius 2 is 1.97 bits per heavy atom. The van der Waals surface area contributed by atoms with E-state index >= 15 is 0 Å². The Kier molecular flexibility index (Phi) is 4.97. The minimum atomic E-state index is -1.13. The van der Waals surface area contributed by atoms with Crippen molar-refractivity contribution in [3.63, 3.8) is 0 Å². The highest BCUT2D eigenvalue weighted by molar-refractivity contribution is 7.22. The normalized spacial score (nSPS) is 29.8. The highest BCUT2D eigenvalue weighted by Crippen LogP contribution is 2.51. The molecule has 4 heterocycles. The van der Waals surface area contributed by atoms with Gasteiger partial charge in [0.15, 0.2) is 10.9 Å². The van der Waals surface area contributed by atoms with Crippen molar-refractivity contribution in [2.75, 3.05) is 4.90 Å². The van der Waals surface area contributed by atoms with Gasteiger partial charge in [-0.2, -0.15) is 0 Å². The van der Waals surface area contributed by atoms with Crippen molar-refractivity contribution in [1.29, 1.82) is 0 Å². The summed E-state index contributed by atoms with van der Waals surface area (Å²) in [6, 6.07) is 3.18. The minimum absolute atomic E-state index is 0.0421. The number of hydrogen-bond acceptors (Lipinski definition) is 7. The number of benzene rings is 1. The summed E-state index contributed by atoms with van der Waals surface area (Å²) in [4.78, 5) is 18.2. The molecule has 5 atom stereocenters. The van der Waals surface area contributed by atoms with Gasteiger partial charge < -0.3 is 19.3 Å². The summed E-state index contributed by atoms with van der Waals surface area (Å²) in [5.74, 6) is 1.06. The maximum Gasteiger partial charge on any atom is 0.335 e. The van der Waals surface area contributed by atoms with E-state index < -0.39 is 11.8 Å². The number of fused-ring (bicyclic) bond motifs is 3. The molecule has 0 amide bonds. The van der Waals surface area contributed by atoms with E-state index in [1.165, 1.54) is 42.2 Å². The predicted molar refractivity (Wildman–Crippen MR) is 129 cm³/mol. The van der Waals surface area contributed by atoms with Crippen molar-refractivity contribution in [2.24, 2.45) is 5.92 Å². The zero-order chi connectivity index (χ0) is 23.8. The third kappa shape index (κ3) is 3.74. The summed E-state index contributed by atoms with van der Waals surface area (Å²) in [5, 5.41) is 14.5. The van der Waals surface area contributed by atoms with E-state index in [0.717, 1.165) is 48.3 Å². The number of rotatable bonds is 7. The first-order chi connectivity index (χ1) is 17.0. The summed E-state index contributed by atoms with van der Waals surface area (Å²) in [7, 11) is 0. The summed E-state index contributed by atoms with van der Waals surface area (Å²) in [5.41, 5.74) is 2.54. The molecule has 2 aliphatic heterocycles. The van der Waals surface area contributed by atoms with Crippen LogP contribution >= 0.6 is 11.3 Å². The van der Waals surface area contributed by atoms with E-state index in [0.29, 0.717) is 41.1 Å². The van der Waals surface area contributed by atoms with Crippen molar-refractivity contribution in [2.45, 2.75) is 88.5 Å². The Bertz CT molecular complexity index is 1300. The van der Waals surface area contributed by atoms with E-state index in [1.807, 2.05) is 0 Å². The number of halogens is 1. The number of carboxylic acids is 1. The molecule has 2 saturated carbocycles. The highest BCUT2D eigenvalue weighted by Gasteiger charge is 2.44. The second-order valence-corrected chi connectivity index (χ2v) is 11.8. The van der Waals surface area contributed by atoms with Crippen LogP contribution in [0, 0.1) is 11.7 Å². The minimum Gasteiger partial charge on any atom is -0.478 e. The Balaban J connectivity index is 1.08. The van der Waals surface area contributed by atoms with Crippen LogP contribution in [0.3, 0.4) is 0 Å². The molecular formula is C26H28FN3O4S. The molecule has 35 heavy (non-hydrogen) atoms. The van der Waals surface area contributed by atoms with Crippen molar-refractivity contribution >= 4 is 32.7 Å².